The standard InChI is InChI=1S/C25H24ClNO3.ClH/c1-17-20(16-27-13-12-24(27)25(28)29)7-6-19-15-22(10-11-23(17)19)30-14-2-3-18-4-8-21(26)9-5-18;/h2-5,8-13,15,24H,6-7,14,16H2,1H3,(H,28,29);1H/b3-2+;. The van der Waals surface area contributed by atoms with Gasteiger partial charge in [0.15, 0.2) is 0 Å². The lowest BCUT2D eigenvalue weighted by molar-refractivity contribution is -0.141. The highest BCUT2D eigenvalue weighted by atomic mass is 35.5. The lowest BCUT2D eigenvalue weighted by Gasteiger charge is -2.35. The first-order chi connectivity index (χ1) is 14.5. The third-order valence-corrected chi connectivity index (χ3v) is 5.93. The second kappa shape index (κ2) is 10.1. The van der Waals surface area contributed by atoms with Crippen molar-refractivity contribution in [3.63, 3.8) is 0 Å². The normalized spacial score (nSPS) is 17.2. The molecule has 1 aliphatic heterocycles. The van der Waals surface area contributed by atoms with Crippen molar-refractivity contribution in [1.82, 2.24) is 4.90 Å². The molecule has 1 aliphatic carbocycles. The number of hydrogen-bond acceptors (Lipinski definition) is 3. The van der Waals surface area contributed by atoms with E-state index in [0.717, 1.165) is 29.2 Å². The molecular weight excluding hydrogens is 433 g/mol. The second-order valence-electron chi connectivity index (χ2n) is 7.61. The fraction of sp³-hybridized carbons (Fsp3) is 0.240. The summed E-state index contributed by atoms with van der Waals surface area (Å²) in [5.41, 5.74) is 6.15. The van der Waals surface area contributed by atoms with Crippen LogP contribution in [0.4, 0.5) is 0 Å². The molecule has 0 radical (unpaired) electrons. The van der Waals surface area contributed by atoms with Crippen LogP contribution < -0.4 is 4.74 Å². The van der Waals surface area contributed by atoms with E-state index in [1.807, 2.05) is 53.6 Å². The van der Waals surface area contributed by atoms with Gasteiger partial charge in [-0.05, 0) is 90.2 Å². The van der Waals surface area contributed by atoms with Crippen LogP contribution in [0.25, 0.3) is 11.6 Å². The molecule has 4 rings (SSSR count). The van der Waals surface area contributed by atoms with Crippen LogP contribution in [0, 0.1) is 0 Å². The molecule has 2 aliphatic rings. The topological polar surface area (TPSA) is 49.8 Å². The SMILES string of the molecule is CC1=C(CN2C=CC2C(=O)O)CCc2cc(OC/C=C/c3ccc(Cl)cc3)ccc21.Cl. The van der Waals surface area contributed by atoms with E-state index in [2.05, 4.69) is 19.1 Å². The number of allylic oxidation sites excluding steroid dienone is 1. The maximum atomic E-state index is 11.2. The first kappa shape index (κ1) is 23.0. The number of fused-ring (bicyclic) bond motifs is 1. The van der Waals surface area contributed by atoms with Crippen LogP contribution in [-0.4, -0.2) is 35.2 Å². The third kappa shape index (κ3) is 5.33. The van der Waals surface area contributed by atoms with Crippen molar-refractivity contribution in [1.29, 1.82) is 0 Å². The number of nitrogens with zero attached hydrogens (tertiary/aromatic N) is 1. The van der Waals surface area contributed by atoms with Gasteiger partial charge in [0.25, 0.3) is 0 Å². The highest BCUT2D eigenvalue weighted by Gasteiger charge is 2.28. The summed E-state index contributed by atoms with van der Waals surface area (Å²) in [7, 11) is 0. The molecule has 6 heteroatoms. The number of ether oxygens (including phenoxy) is 1. The number of carboxylic acid groups (broad SMARTS) is 1. The molecule has 0 fully saturated rings. The molecule has 31 heavy (non-hydrogen) atoms. The predicted molar refractivity (Wildman–Crippen MR) is 128 cm³/mol. The largest absolute Gasteiger partial charge is 0.490 e. The first-order valence-corrected chi connectivity index (χ1v) is 10.4. The van der Waals surface area contributed by atoms with Crippen LogP contribution in [-0.2, 0) is 11.2 Å². The van der Waals surface area contributed by atoms with Crippen molar-refractivity contribution in [3.05, 3.63) is 88.1 Å². The van der Waals surface area contributed by atoms with E-state index in [1.54, 1.807) is 6.08 Å². The van der Waals surface area contributed by atoms with Gasteiger partial charge in [0.2, 0.25) is 0 Å². The summed E-state index contributed by atoms with van der Waals surface area (Å²) >= 11 is 5.90. The van der Waals surface area contributed by atoms with E-state index >= 15 is 0 Å². The number of hydrogen-bond donors (Lipinski definition) is 1. The fourth-order valence-corrected chi connectivity index (χ4v) is 4.01. The van der Waals surface area contributed by atoms with Crippen molar-refractivity contribution in [2.45, 2.75) is 25.8 Å². The number of halogens is 2. The van der Waals surface area contributed by atoms with Crippen LogP contribution in [0.2, 0.25) is 5.02 Å². The number of aliphatic carboxylic acids is 1. The molecule has 1 heterocycles. The Bertz CT molecular complexity index is 1040. The minimum atomic E-state index is -0.793. The van der Waals surface area contributed by atoms with E-state index in [4.69, 9.17) is 16.3 Å². The summed E-state index contributed by atoms with van der Waals surface area (Å²) < 4.78 is 5.90. The zero-order valence-corrected chi connectivity index (χ0v) is 18.8. The minimum absolute atomic E-state index is 0. The molecule has 2 aromatic rings. The summed E-state index contributed by atoms with van der Waals surface area (Å²) in [6.07, 6.45) is 9.47. The molecule has 1 N–H and O–H groups in total. The van der Waals surface area contributed by atoms with Gasteiger partial charge in [0.05, 0.1) is 0 Å². The Morgan fingerprint density at radius 1 is 1.23 bits per heavy atom. The Morgan fingerprint density at radius 2 is 2.00 bits per heavy atom. The van der Waals surface area contributed by atoms with Crippen LogP contribution in [0.1, 0.15) is 30.0 Å². The number of carboxylic acids is 1. The molecule has 0 bridgehead atoms. The summed E-state index contributed by atoms with van der Waals surface area (Å²) in [4.78, 5) is 13.1. The lowest BCUT2D eigenvalue weighted by Crippen LogP contribution is -2.43. The maximum absolute atomic E-state index is 11.2. The molecule has 0 saturated carbocycles. The van der Waals surface area contributed by atoms with E-state index in [1.165, 1.54) is 22.3 Å². The van der Waals surface area contributed by atoms with E-state index < -0.39 is 12.0 Å². The smallest absolute Gasteiger partial charge is 0.330 e. The van der Waals surface area contributed by atoms with Gasteiger partial charge in [0.1, 0.15) is 18.4 Å². The number of benzene rings is 2. The molecule has 2 aromatic carbocycles. The Hall–Kier alpha value is -2.69. The zero-order valence-electron chi connectivity index (χ0n) is 17.3. The summed E-state index contributed by atoms with van der Waals surface area (Å²) in [5.74, 6) is 0.0706. The third-order valence-electron chi connectivity index (χ3n) is 5.68. The predicted octanol–water partition coefficient (Wildman–Crippen LogP) is 5.86. The Kier molecular flexibility index (Phi) is 7.47. The van der Waals surface area contributed by atoms with Crippen molar-refractivity contribution in [3.8, 4) is 5.75 Å². The van der Waals surface area contributed by atoms with Crippen LogP contribution >= 0.6 is 24.0 Å². The lowest BCUT2D eigenvalue weighted by atomic mass is 9.85. The van der Waals surface area contributed by atoms with Gasteiger partial charge in [-0.3, -0.25) is 0 Å². The molecule has 1 unspecified atom stereocenters. The summed E-state index contributed by atoms with van der Waals surface area (Å²) in [6, 6.07) is 13.4. The van der Waals surface area contributed by atoms with Gasteiger partial charge in [-0.2, -0.15) is 0 Å². The van der Waals surface area contributed by atoms with Crippen LogP contribution in [0.5, 0.6) is 5.75 Å². The molecule has 162 valence electrons. The number of carbonyl (C=O) groups is 1. The summed E-state index contributed by atoms with van der Waals surface area (Å²) in [6.45, 7) is 3.30. The van der Waals surface area contributed by atoms with E-state index in [-0.39, 0.29) is 12.4 Å². The summed E-state index contributed by atoms with van der Waals surface area (Å²) in [5, 5.41) is 9.95. The maximum Gasteiger partial charge on any atom is 0.330 e. The molecule has 1 atom stereocenters. The first-order valence-electron chi connectivity index (χ1n) is 10.0. The molecule has 0 spiro atoms. The van der Waals surface area contributed by atoms with Crippen molar-refractivity contribution < 1.29 is 14.6 Å². The zero-order chi connectivity index (χ0) is 21.1. The van der Waals surface area contributed by atoms with E-state index in [9.17, 15) is 9.90 Å². The van der Waals surface area contributed by atoms with Crippen LogP contribution in [0.3, 0.4) is 0 Å². The van der Waals surface area contributed by atoms with Crippen molar-refractivity contribution in [2.24, 2.45) is 0 Å². The minimum Gasteiger partial charge on any atom is -0.490 e. The van der Waals surface area contributed by atoms with Crippen molar-refractivity contribution >= 4 is 41.6 Å². The van der Waals surface area contributed by atoms with E-state index in [0.29, 0.717) is 13.2 Å². The highest BCUT2D eigenvalue weighted by molar-refractivity contribution is 6.30. The second-order valence-corrected chi connectivity index (χ2v) is 8.05. The van der Waals surface area contributed by atoms with Gasteiger partial charge < -0.3 is 14.7 Å². The average molecular weight is 458 g/mol. The molecule has 0 saturated heterocycles. The Balaban J connectivity index is 0.00000272. The quantitative estimate of drug-likeness (QED) is 0.565. The molecule has 0 aromatic heterocycles. The highest BCUT2D eigenvalue weighted by Crippen LogP contribution is 2.34. The van der Waals surface area contributed by atoms with Gasteiger partial charge in [-0.1, -0.05) is 35.9 Å². The van der Waals surface area contributed by atoms with Gasteiger partial charge in [0, 0.05) is 11.6 Å². The molecule has 4 nitrogen and oxygen atoms in total. The van der Waals surface area contributed by atoms with Crippen LogP contribution in [0.15, 0.2) is 66.4 Å². The van der Waals surface area contributed by atoms with Gasteiger partial charge >= 0.3 is 5.97 Å². The monoisotopic (exact) mass is 457 g/mol. The fourth-order valence-electron chi connectivity index (χ4n) is 3.89. The number of aryl methyl sites for hydroxylation is 1. The average Bonchev–Trinajstić information content (AvgIpc) is 2.70. The van der Waals surface area contributed by atoms with Gasteiger partial charge in [-0.25, -0.2) is 4.79 Å². The van der Waals surface area contributed by atoms with Crippen molar-refractivity contribution in [2.75, 3.05) is 13.2 Å². The number of rotatable bonds is 7. The molecular formula is C25H25Cl2NO3. The Labute approximate surface area is 193 Å². The molecule has 0 amide bonds. The Morgan fingerprint density at radius 3 is 2.68 bits per heavy atom. The van der Waals surface area contributed by atoms with Gasteiger partial charge in [-0.15, -0.1) is 12.4 Å².